The summed E-state index contributed by atoms with van der Waals surface area (Å²) < 4.78 is 79.4. The van der Waals surface area contributed by atoms with Crippen LogP contribution in [0.25, 0.3) is 0 Å². The van der Waals surface area contributed by atoms with Crippen LogP contribution in [-0.2, 0) is 0 Å². The van der Waals surface area contributed by atoms with E-state index in [1.165, 1.54) is 53.6 Å². The fourth-order valence-electron chi connectivity index (χ4n) is 2.90. The van der Waals surface area contributed by atoms with Crippen LogP contribution in [0.3, 0.4) is 0 Å². The van der Waals surface area contributed by atoms with E-state index in [9.17, 15) is 36.6 Å². The van der Waals surface area contributed by atoms with E-state index in [0.29, 0.717) is 11.3 Å². The first-order chi connectivity index (χ1) is 14.4. The summed E-state index contributed by atoms with van der Waals surface area (Å²) in [5.74, 6) is -0.492. The van der Waals surface area contributed by atoms with E-state index >= 15 is 0 Å². The molecule has 1 heterocycles. The highest BCUT2D eigenvalue weighted by atomic mass is 19.4. The fourth-order valence-corrected chi connectivity index (χ4v) is 2.90. The second-order valence-electron chi connectivity index (χ2n) is 6.60. The molecule has 0 aromatic heterocycles. The highest BCUT2D eigenvalue weighted by Gasteiger charge is 2.41. The lowest BCUT2D eigenvalue weighted by molar-refractivity contribution is -0.274. The van der Waals surface area contributed by atoms with Crippen molar-refractivity contribution in [2.24, 2.45) is 4.99 Å². The number of rotatable bonds is 5. The van der Waals surface area contributed by atoms with Crippen molar-refractivity contribution in [2.75, 3.05) is 4.90 Å². The molecule has 0 spiro atoms. The zero-order valence-electron chi connectivity index (χ0n) is 15.6. The normalized spacial score (nSPS) is 18.0. The van der Waals surface area contributed by atoms with E-state index < -0.39 is 37.0 Å². The lowest BCUT2D eigenvalue weighted by atomic mass is 10.1. The van der Waals surface area contributed by atoms with Crippen molar-refractivity contribution in [3.63, 3.8) is 0 Å². The lowest BCUT2D eigenvalue weighted by Crippen LogP contribution is -2.40. The number of aromatic hydroxyl groups is 1. The van der Waals surface area contributed by atoms with Crippen molar-refractivity contribution in [1.82, 2.24) is 0 Å². The number of phenols is 1. The molecule has 2 unspecified atom stereocenters. The number of aliphatic hydroxyl groups is 1. The molecular weight excluding hydrogens is 430 g/mol. The topological polar surface area (TPSA) is 65.3 Å². The van der Waals surface area contributed by atoms with Gasteiger partial charge in [0.15, 0.2) is 6.10 Å². The van der Waals surface area contributed by atoms with Gasteiger partial charge in [-0.05, 0) is 54.6 Å². The molecular formula is C20H16F6N2O3. The van der Waals surface area contributed by atoms with Crippen LogP contribution in [0, 0.1) is 0 Å². The molecule has 0 saturated heterocycles. The number of nitrogens with zero attached hydrogens (tertiary/aromatic N) is 2. The molecule has 1 aliphatic rings. The van der Waals surface area contributed by atoms with Gasteiger partial charge in [0, 0.05) is 23.9 Å². The van der Waals surface area contributed by atoms with Gasteiger partial charge in [-0.25, -0.2) is 0 Å². The maximum Gasteiger partial charge on any atom is 0.573 e. The molecule has 5 nitrogen and oxygen atoms in total. The number of benzene rings is 2. The average Bonchev–Trinajstić information content (AvgIpc) is 2.67. The van der Waals surface area contributed by atoms with Crippen molar-refractivity contribution in [2.45, 2.75) is 31.2 Å². The molecule has 2 aromatic rings. The van der Waals surface area contributed by atoms with Crippen molar-refractivity contribution in [3.8, 4) is 11.5 Å². The van der Waals surface area contributed by atoms with Crippen molar-refractivity contribution in [3.05, 3.63) is 66.4 Å². The average molecular weight is 446 g/mol. The predicted octanol–water partition coefficient (Wildman–Crippen LogP) is 4.75. The molecule has 166 valence electrons. The highest BCUT2D eigenvalue weighted by molar-refractivity contribution is 6.09. The van der Waals surface area contributed by atoms with Gasteiger partial charge in [-0.1, -0.05) is 0 Å². The Morgan fingerprint density at radius 2 is 1.58 bits per heavy atom. The zero-order valence-corrected chi connectivity index (χ0v) is 15.6. The Hall–Kier alpha value is -3.21. The number of anilines is 1. The number of phenolic OH excluding ortho intramolecular Hbond substituents is 1. The summed E-state index contributed by atoms with van der Waals surface area (Å²) in [6.45, 7) is 0. The number of hydrogen-bond donors (Lipinski definition) is 2. The minimum absolute atomic E-state index is 0.0398. The van der Waals surface area contributed by atoms with Gasteiger partial charge in [0.1, 0.15) is 17.7 Å². The van der Waals surface area contributed by atoms with Gasteiger partial charge < -0.3 is 19.8 Å². The molecule has 0 saturated carbocycles. The molecule has 31 heavy (non-hydrogen) atoms. The van der Waals surface area contributed by atoms with Gasteiger partial charge in [-0.15, -0.1) is 13.2 Å². The number of aliphatic hydroxyl groups excluding tert-OH is 1. The molecule has 0 aliphatic carbocycles. The Balaban J connectivity index is 1.89. The summed E-state index contributed by atoms with van der Waals surface area (Å²) in [5.41, 5.74) is 0.987. The molecule has 2 aromatic carbocycles. The molecule has 2 atom stereocenters. The Labute approximate surface area is 172 Å². The van der Waals surface area contributed by atoms with Crippen LogP contribution in [0.1, 0.15) is 12.0 Å². The van der Waals surface area contributed by atoms with Crippen LogP contribution in [0.4, 0.5) is 32.0 Å². The Morgan fingerprint density at radius 1 is 0.968 bits per heavy atom. The Morgan fingerprint density at radius 3 is 2.13 bits per heavy atom. The van der Waals surface area contributed by atoms with Crippen molar-refractivity contribution >= 4 is 11.4 Å². The smallest absolute Gasteiger partial charge is 0.508 e. The summed E-state index contributed by atoms with van der Waals surface area (Å²) in [7, 11) is 0. The lowest BCUT2D eigenvalue weighted by Gasteiger charge is -2.33. The summed E-state index contributed by atoms with van der Waals surface area (Å²) in [6, 6.07) is 10.3. The first kappa shape index (κ1) is 22.5. The Bertz CT molecular complexity index is 953. The van der Waals surface area contributed by atoms with E-state index in [2.05, 4.69) is 9.73 Å². The largest absolute Gasteiger partial charge is 0.573 e. The maximum absolute atomic E-state index is 12.9. The van der Waals surface area contributed by atoms with Gasteiger partial charge in [0.25, 0.3) is 0 Å². The van der Waals surface area contributed by atoms with Crippen LogP contribution < -0.4 is 9.64 Å². The summed E-state index contributed by atoms with van der Waals surface area (Å²) in [6.07, 6.45) is -11.4. The second-order valence-corrected chi connectivity index (χ2v) is 6.60. The minimum Gasteiger partial charge on any atom is -0.508 e. The van der Waals surface area contributed by atoms with Crippen LogP contribution in [0.15, 0.2) is 65.8 Å². The number of hydrogen-bond acceptors (Lipinski definition) is 5. The molecule has 0 amide bonds. The minimum atomic E-state index is -4.85. The van der Waals surface area contributed by atoms with Crippen LogP contribution in [-0.4, -0.2) is 40.7 Å². The second kappa shape index (κ2) is 8.50. The van der Waals surface area contributed by atoms with Crippen molar-refractivity contribution in [1.29, 1.82) is 0 Å². The summed E-state index contributed by atoms with van der Waals surface area (Å²) >= 11 is 0. The standard InChI is InChI=1S/C20H16F6N2O3/c21-19(22,23)17(30)11-18-27-16(9-10-28(18)13-3-5-14(29)6-4-13)12-1-7-15(8-2-12)31-20(24,25)26/h1-10,17-18,29-30H,11H2. The number of alkyl halides is 6. The van der Waals surface area contributed by atoms with Crippen LogP contribution >= 0.6 is 0 Å². The van der Waals surface area contributed by atoms with Gasteiger partial charge >= 0.3 is 12.5 Å². The van der Waals surface area contributed by atoms with Gasteiger partial charge in [-0.3, -0.25) is 4.99 Å². The summed E-state index contributed by atoms with van der Waals surface area (Å²) in [5, 5.41) is 19.0. The fraction of sp³-hybridized carbons (Fsp3) is 0.250. The molecule has 2 N–H and O–H groups in total. The highest BCUT2D eigenvalue weighted by Crippen LogP contribution is 2.31. The van der Waals surface area contributed by atoms with Crippen LogP contribution in [0.2, 0.25) is 0 Å². The Kier molecular flexibility index (Phi) is 6.16. The third kappa shape index (κ3) is 5.91. The monoisotopic (exact) mass is 446 g/mol. The van der Waals surface area contributed by atoms with Crippen LogP contribution in [0.5, 0.6) is 11.5 Å². The van der Waals surface area contributed by atoms with E-state index in [1.807, 2.05) is 0 Å². The number of allylic oxidation sites excluding steroid dienone is 1. The molecule has 0 radical (unpaired) electrons. The van der Waals surface area contributed by atoms with E-state index in [-0.39, 0.29) is 11.5 Å². The number of halogens is 6. The zero-order chi connectivity index (χ0) is 22.8. The molecule has 11 heteroatoms. The van der Waals surface area contributed by atoms with E-state index in [1.54, 1.807) is 0 Å². The maximum atomic E-state index is 12.9. The third-order valence-corrected chi connectivity index (χ3v) is 4.35. The predicted molar refractivity (Wildman–Crippen MR) is 99.9 cm³/mol. The number of aliphatic imine (C=N–C) groups is 1. The SMILES string of the molecule is Oc1ccc(N2C=CC(c3ccc(OC(F)(F)F)cc3)=NC2CC(O)C(F)(F)F)cc1. The van der Waals surface area contributed by atoms with Gasteiger partial charge in [0.2, 0.25) is 0 Å². The van der Waals surface area contributed by atoms with Gasteiger partial charge in [-0.2, -0.15) is 13.2 Å². The third-order valence-electron chi connectivity index (χ3n) is 4.35. The van der Waals surface area contributed by atoms with Crippen molar-refractivity contribution < 1.29 is 41.3 Å². The molecule has 0 fully saturated rings. The first-order valence-electron chi connectivity index (χ1n) is 8.87. The molecule has 3 rings (SSSR count). The first-order valence-corrected chi connectivity index (χ1v) is 8.87. The summed E-state index contributed by atoms with van der Waals surface area (Å²) in [4.78, 5) is 5.65. The van der Waals surface area contributed by atoms with E-state index in [0.717, 1.165) is 12.1 Å². The van der Waals surface area contributed by atoms with E-state index in [4.69, 9.17) is 0 Å². The van der Waals surface area contributed by atoms with Gasteiger partial charge in [0.05, 0.1) is 5.71 Å². The molecule has 0 bridgehead atoms. The molecule has 1 aliphatic heterocycles. The quantitative estimate of drug-likeness (QED) is 0.651. The number of ether oxygens (including phenoxy) is 1.